The number of hydrogen-bond acceptors (Lipinski definition) is 2. The first-order valence-electron chi connectivity index (χ1n) is 4.55. The highest BCUT2D eigenvalue weighted by molar-refractivity contribution is 6.30. The van der Waals surface area contributed by atoms with E-state index in [0.717, 1.165) is 4.90 Å². The standard InChI is InChI=1S/C10H9ClN2O2/c11-7-1-3-8(4-2-7)13-9(14)5-6-12-10(13)15/h1-4H,5-6H2,(H,12,15). The number of nitrogens with zero attached hydrogens (tertiary/aromatic N) is 1. The molecule has 5 heteroatoms. The number of imide groups is 1. The fourth-order valence-corrected chi connectivity index (χ4v) is 1.56. The Kier molecular flexibility index (Phi) is 2.60. The van der Waals surface area contributed by atoms with Crippen LogP contribution in [0.2, 0.25) is 5.02 Å². The molecule has 2 rings (SSSR count). The molecule has 1 saturated heterocycles. The van der Waals surface area contributed by atoms with Gasteiger partial charge in [0, 0.05) is 18.0 Å². The third kappa shape index (κ3) is 1.94. The van der Waals surface area contributed by atoms with Gasteiger partial charge in [-0.05, 0) is 24.3 Å². The van der Waals surface area contributed by atoms with Gasteiger partial charge in [0.25, 0.3) is 0 Å². The number of nitrogens with one attached hydrogen (secondary N) is 1. The number of halogens is 1. The highest BCUT2D eigenvalue weighted by atomic mass is 35.5. The summed E-state index contributed by atoms with van der Waals surface area (Å²) in [6, 6.07) is 6.20. The molecule has 1 aliphatic rings. The molecule has 0 aliphatic carbocycles. The van der Waals surface area contributed by atoms with Crippen molar-refractivity contribution in [2.45, 2.75) is 6.42 Å². The first kappa shape index (κ1) is 9.98. The van der Waals surface area contributed by atoms with Crippen LogP contribution in [0.1, 0.15) is 6.42 Å². The van der Waals surface area contributed by atoms with E-state index in [1.165, 1.54) is 0 Å². The summed E-state index contributed by atoms with van der Waals surface area (Å²) in [5.74, 6) is -0.193. The Morgan fingerprint density at radius 1 is 1.20 bits per heavy atom. The molecule has 0 aromatic heterocycles. The Labute approximate surface area is 91.8 Å². The van der Waals surface area contributed by atoms with E-state index in [1.54, 1.807) is 24.3 Å². The van der Waals surface area contributed by atoms with E-state index in [-0.39, 0.29) is 11.9 Å². The summed E-state index contributed by atoms with van der Waals surface area (Å²) >= 11 is 5.72. The summed E-state index contributed by atoms with van der Waals surface area (Å²) in [6.45, 7) is 0.405. The van der Waals surface area contributed by atoms with Crippen molar-refractivity contribution in [2.75, 3.05) is 11.4 Å². The maximum atomic E-state index is 11.5. The Morgan fingerprint density at radius 3 is 2.47 bits per heavy atom. The van der Waals surface area contributed by atoms with Crippen LogP contribution in [0.5, 0.6) is 0 Å². The lowest BCUT2D eigenvalue weighted by molar-refractivity contribution is -0.118. The molecule has 1 aliphatic heterocycles. The Hall–Kier alpha value is -1.55. The van der Waals surface area contributed by atoms with Gasteiger partial charge < -0.3 is 5.32 Å². The molecule has 1 aromatic rings. The molecule has 1 fully saturated rings. The van der Waals surface area contributed by atoms with Crippen LogP contribution < -0.4 is 10.2 Å². The number of anilines is 1. The molecule has 0 spiro atoms. The lowest BCUT2D eigenvalue weighted by atomic mass is 10.2. The van der Waals surface area contributed by atoms with Gasteiger partial charge in [0.15, 0.2) is 0 Å². The number of rotatable bonds is 1. The summed E-state index contributed by atoms with van der Waals surface area (Å²) in [4.78, 5) is 24.1. The zero-order valence-electron chi connectivity index (χ0n) is 7.87. The van der Waals surface area contributed by atoms with Crippen LogP contribution in [-0.2, 0) is 4.79 Å². The van der Waals surface area contributed by atoms with Crippen molar-refractivity contribution in [3.8, 4) is 0 Å². The minimum absolute atomic E-state index is 0.193. The molecular weight excluding hydrogens is 216 g/mol. The van der Waals surface area contributed by atoms with Gasteiger partial charge in [-0.1, -0.05) is 11.6 Å². The lowest BCUT2D eigenvalue weighted by Gasteiger charge is -2.25. The summed E-state index contributed by atoms with van der Waals surface area (Å²) in [5.41, 5.74) is 0.543. The zero-order valence-corrected chi connectivity index (χ0v) is 8.62. The Bertz CT molecular complexity index is 386. The van der Waals surface area contributed by atoms with Crippen molar-refractivity contribution >= 4 is 29.2 Å². The highest BCUT2D eigenvalue weighted by Gasteiger charge is 2.26. The van der Waals surface area contributed by atoms with Crippen molar-refractivity contribution in [1.29, 1.82) is 0 Å². The molecular formula is C10H9ClN2O2. The molecule has 15 heavy (non-hydrogen) atoms. The number of urea groups is 1. The van der Waals surface area contributed by atoms with E-state index >= 15 is 0 Å². The fourth-order valence-electron chi connectivity index (χ4n) is 1.43. The van der Waals surface area contributed by atoms with Gasteiger partial charge in [-0.15, -0.1) is 0 Å². The predicted molar refractivity (Wildman–Crippen MR) is 57.0 cm³/mol. The number of carbonyl (C=O) groups is 2. The van der Waals surface area contributed by atoms with Gasteiger partial charge in [0.05, 0.1) is 5.69 Å². The third-order valence-corrected chi connectivity index (χ3v) is 2.40. The van der Waals surface area contributed by atoms with Gasteiger partial charge in [0.1, 0.15) is 0 Å². The van der Waals surface area contributed by atoms with Crippen molar-refractivity contribution in [1.82, 2.24) is 5.32 Å². The van der Waals surface area contributed by atoms with Crippen LogP contribution in [0.15, 0.2) is 24.3 Å². The van der Waals surface area contributed by atoms with Crippen molar-refractivity contribution in [3.63, 3.8) is 0 Å². The highest BCUT2D eigenvalue weighted by Crippen LogP contribution is 2.20. The first-order chi connectivity index (χ1) is 7.18. The van der Waals surface area contributed by atoms with Crippen LogP contribution in [0.3, 0.4) is 0 Å². The molecule has 1 aromatic carbocycles. The predicted octanol–water partition coefficient (Wildman–Crippen LogP) is 1.79. The second kappa shape index (κ2) is 3.90. The molecule has 78 valence electrons. The van der Waals surface area contributed by atoms with Gasteiger partial charge in [-0.3, -0.25) is 4.79 Å². The first-order valence-corrected chi connectivity index (χ1v) is 4.92. The van der Waals surface area contributed by atoms with E-state index < -0.39 is 0 Å². The largest absolute Gasteiger partial charge is 0.337 e. The normalized spacial score (nSPS) is 16.5. The van der Waals surface area contributed by atoms with E-state index in [0.29, 0.717) is 23.7 Å². The van der Waals surface area contributed by atoms with Crippen LogP contribution >= 0.6 is 11.6 Å². The minimum atomic E-state index is -0.381. The summed E-state index contributed by atoms with van der Waals surface area (Å²) in [5, 5.41) is 3.18. The van der Waals surface area contributed by atoms with Crippen LogP contribution in [0.4, 0.5) is 10.5 Å². The number of benzene rings is 1. The topological polar surface area (TPSA) is 49.4 Å². The average molecular weight is 225 g/mol. The lowest BCUT2D eigenvalue weighted by Crippen LogP contribution is -2.50. The molecule has 0 saturated carbocycles. The van der Waals surface area contributed by atoms with Gasteiger partial charge in [0.2, 0.25) is 5.91 Å². The second-order valence-electron chi connectivity index (χ2n) is 3.19. The average Bonchev–Trinajstić information content (AvgIpc) is 2.20. The molecule has 0 atom stereocenters. The van der Waals surface area contributed by atoms with E-state index in [9.17, 15) is 9.59 Å². The van der Waals surface area contributed by atoms with Gasteiger partial charge in [-0.2, -0.15) is 0 Å². The van der Waals surface area contributed by atoms with E-state index in [1.807, 2.05) is 0 Å². The van der Waals surface area contributed by atoms with Crippen LogP contribution in [0, 0.1) is 0 Å². The molecule has 0 unspecified atom stereocenters. The Morgan fingerprint density at radius 2 is 1.87 bits per heavy atom. The molecule has 1 heterocycles. The molecule has 3 amide bonds. The smallest absolute Gasteiger partial charge is 0.328 e. The van der Waals surface area contributed by atoms with Gasteiger partial charge in [-0.25, -0.2) is 9.69 Å². The third-order valence-electron chi connectivity index (χ3n) is 2.15. The molecule has 1 N–H and O–H groups in total. The monoisotopic (exact) mass is 224 g/mol. The summed E-state index contributed by atoms with van der Waals surface area (Å²) in [6.07, 6.45) is 0.328. The minimum Gasteiger partial charge on any atom is -0.337 e. The van der Waals surface area contributed by atoms with Crippen molar-refractivity contribution < 1.29 is 9.59 Å². The number of carbonyl (C=O) groups excluding carboxylic acids is 2. The number of hydrogen-bond donors (Lipinski definition) is 1. The second-order valence-corrected chi connectivity index (χ2v) is 3.62. The SMILES string of the molecule is O=C1CCNC(=O)N1c1ccc(Cl)cc1. The van der Waals surface area contributed by atoms with E-state index in [2.05, 4.69) is 5.32 Å². The van der Waals surface area contributed by atoms with Crippen LogP contribution in [-0.4, -0.2) is 18.5 Å². The quantitative estimate of drug-likeness (QED) is 0.791. The fraction of sp³-hybridized carbons (Fsp3) is 0.200. The van der Waals surface area contributed by atoms with E-state index in [4.69, 9.17) is 11.6 Å². The van der Waals surface area contributed by atoms with Crippen molar-refractivity contribution in [3.05, 3.63) is 29.3 Å². The molecule has 0 bridgehead atoms. The molecule has 0 radical (unpaired) electrons. The Balaban J connectivity index is 2.31. The summed E-state index contributed by atoms with van der Waals surface area (Å²) in [7, 11) is 0. The zero-order chi connectivity index (χ0) is 10.8. The van der Waals surface area contributed by atoms with Gasteiger partial charge >= 0.3 is 6.03 Å². The maximum Gasteiger partial charge on any atom is 0.328 e. The number of amides is 3. The van der Waals surface area contributed by atoms with Crippen molar-refractivity contribution in [2.24, 2.45) is 0 Å². The maximum absolute atomic E-state index is 11.5. The summed E-state index contributed by atoms with van der Waals surface area (Å²) < 4.78 is 0. The van der Waals surface area contributed by atoms with Crippen LogP contribution in [0.25, 0.3) is 0 Å². The molecule has 4 nitrogen and oxygen atoms in total.